The van der Waals surface area contributed by atoms with Crippen LogP contribution in [0.1, 0.15) is 49.8 Å². The maximum atomic E-state index is 12.6. The summed E-state index contributed by atoms with van der Waals surface area (Å²) in [5.74, 6) is -0.0935. The first-order chi connectivity index (χ1) is 13.6. The fourth-order valence-corrected chi connectivity index (χ4v) is 4.07. The highest BCUT2D eigenvalue weighted by molar-refractivity contribution is 6.32. The number of nitrogens with one attached hydrogen (secondary N) is 1. The SMILES string of the molecule is Cc1ccc(NC(=O)/C(C#N)=C/c2cc3c(cc2Cl)N(C)C(C)(C)CC3C)cc1. The molecule has 150 valence electrons. The molecule has 0 bridgehead atoms. The van der Waals surface area contributed by atoms with Gasteiger partial charge >= 0.3 is 0 Å². The molecule has 29 heavy (non-hydrogen) atoms. The van der Waals surface area contributed by atoms with Crippen LogP contribution in [0.25, 0.3) is 6.08 Å². The summed E-state index contributed by atoms with van der Waals surface area (Å²) >= 11 is 6.54. The number of anilines is 2. The highest BCUT2D eigenvalue weighted by Gasteiger charge is 2.34. The third-order valence-corrected chi connectivity index (χ3v) is 6.05. The zero-order chi connectivity index (χ0) is 21.3. The normalized spacial score (nSPS) is 18.0. The van der Waals surface area contributed by atoms with E-state index >= 15 is 0 Å². The first-order valence-electron chi connectivity index (χ1n) is 9.69. The molecule has 0 fully saturated rings. The molecule has 1 amide bonds. The van der Waals surface area contributed by atoms with E-state index in [1.165, 1.54) is 5.56 Å². The van der Waals surface area contributed by atoms with Gasteiger partial charge in [0.2, 0.25) is 0 Å². The first kappa shape index (κ1) is 21.0. The van der Waals surface area contributed by atoms with E-state index in [-0.39, 0.29) is 11.1 Å². The van der Waals surface area contributed by atoms with Crippen molar-refractivity contribution < 1.29 is 4.79 Å². The van der Waals surface area contributed by atoms with Crippen molar-refractivity contribution in [3.05, 3.63) is 63.7 Å². The minimum absolute atomic E-state index is 0.0181. The Labute approximate surface area is 177 Å². The molecule has 2 aromatic carbocycles. The monoisotopic (exact) mass is 407 g/mol. The number of aryl methyl sites for hydroxylation is 1. The summed E-state index contributed by atoms with van der Waals surface area (Å²) in [6.45, 7) is 8.61. The number of halogens is 1. The van der Waals surface area contributed by atoms with E-state index < -0.39 is 5.91 Å². The molecule has 0 aliphatic carbocycles. The minimum Gasteiger partial charge on any atom is -0.369 e. The average molecular weight is 408 g/mol. The molecule has 0 aromatic heterocycles. The first-order valence-corrected chi connectivity index (χ1v) is 10.1. The van der Waals surface area contributed by atoms with Crippen molar-refractivity contribution in [1.29, 1.82) is 5.26 Å². The molecule has 1 atom stereocenters. The van der Waals surface area contributed by atoms with Gasteiger partial charge in [0.05, 0.1) is 0 Å². The second-order valence-electron chi connectivity index (χ2n) is 8.40. The number of benzene rings is 2. The van der Waals surface area contributed by atoms with Crippen LogP contribution < -0.4 is 10.2 Å². The van der Waals surface area contributed by atoms with E-state index in [9.17, 15) is 10.1 Å². The smallest absolute Gasteiger partial charge is 0.266 e. The Kier molecular flexibility index (Phi) is 5.73. The van der Waals surface area contributed by atoms with Gasteiger partial charge in [-0.15, -0.1) is 0 Å². The number of amides is 1. The summed E-state index contributed by atoms with van der Waals surface area (Å²) < 4.78 is 0. The molecule has 1 unspecified atom stereocenters. The Morgan fingerprint density at radius 3 is 2.59 bits per heavy atom. The van der Waals surface area contributed by atoms with Gasteiger partial charge in [0.1, 0.15) is 11.6 Å². The van der Waals surface area contributed by atoms with E-state index in [0.29, 0.717) is 22.2 Å². The number of carbonyl (C=O) groups excluding carboxylic acids is 1. The van der Waals surface area contributed by atoms with Gasteiger partial charge in [-0.3, -0.25) is 4.79 Å². The van der Waals surface area contributed by atoms with Crippen molar-refractivity contribution in [2.45, 2.75) is 45.6 Å². The zero-order valence-corrected chi connectivity index (χ0v) is 18.3. The molecule has 1 N–H and O–H groups in total. The Balaban J connectivity index is 1.94. The standard InChI is InChI=1S/C24H26ClN3O/c1-15-6-8-19(9-7-15)27-23(29)18(14-26)10-17-11-20-16(2)13-24(3,4)28(5)22(20)12-21(17)25/h6-12,16H,13H2,1-5H3,(H,27,29)/b18-10+. The average Bonchev–Trinajstić information content (AvgIpc) is 2.66. The minimum atomic E-state index is -0.448. The van der Waals surface area contributed by atoms with E-state index in [2.05, 4.69) is 38.0 Å². The number of nitrogens with zero attached hydrogens (tertiary/aromatic N) is 2. The topological polar surface area (TPSA) is 56.1 Å². The lowest BCUT2D eigenvalue weighted by molar-refractivity contribution is -0.112. The predicted octanol–water partition coefficient (Wildman–Crippen LogP) is 5.92. The summed E-state index contributed by atoms with van der Waals surface area (Å²) in [6.07, 6.45) is 2.58. The lowest BCUT2D eigenvalue weighted by Crippen LogP contribution is -2.45. The van der Waals surface area contributed by atoms with Gasteiger partial charge in [0, 0.05) is 29.0 Å². The Bertz CT molecular complexity index is 1020. The molecule has 2 aromatic rings. The maximum absolute atomic E-state index is 12.6. The van der Waals surface area contributed by atoms with Crippen molar-refractivity contribution in [2.24, 2.45) is 0 Å². The number of rotatable bonds is 3. The van der Waals surface area contributed by atoms with Gasteiger partial charge in [-0.1, -0.05) is 36.2 Å². The van der Waals surface area contributed by atoms with Gasteiger partial charge in [-0.05, 0) is 74.6 Å². The molecule has 3 rings (SSSR count). The molecule has 1 heterocycles. The Hall–Kier alpha value is -2.77. The van der Waals surface area contributed by atoms with E-state index in [4.69, 9.17) is 11.6 Å². The van der Waals surface area contributed by atoms with E-state index in [0.717, 1.165) is 17.7 Å². The molecule has 0 saturated carbocycles. The van der Waals surface area contributed by atoms with Crippen molar-refractivity contribution >= 4 is 35.0 Å². The number of fused-ring (bicyclic) bond motifs is 1. The quantitative estimate of drug-likeness (QED) is 0.507. The molecule has 1 aliphatic heterocycles. The molecule has 0 radical (unpaired) electrons. The fraction of sp³-hybridized carbons (Fsp3) is 0.333. The van der Waals surface area contributed by atoms with Crippen LogP contribution in [0, 0.1) is 18.3 Å². The largest absolute Gasteiger partial charge is 0.369 e. The van der Waals surface area contributed by atoms with Crippen molar-refractivity contribution in [2.75, 3.05) is 17.3 Å². The van der Waals surface area contributed by atoms with E-state index in [1.807, 2.05) is 49.4 Å². The molecule has 1 aliphatic rings. The molecular weight excluding hydrogens is 382 g/mol. The highest BCUT2D eigenvalue weighted by Crippen LogP contribution is 2.44. The van der Waals surface area contributed by atoms with E-state index in [1.54, 1.807) is 6.08 Å². The van der Waals surface area contributed by atoms with Crippen LogP contribution in [0.4, 0.5) is 11.4 Å². The third-order valence-electron chi connectivity index (χ3n) is 5.73. The Morgan fingerprint density at radius 2 is 1.97 bits per heavy atom. The van der Waals surface area contributed by atoms with Crippen LogP contribution in [-0.4, -0.2) is 18.5 Å². The summed E-state index contributed by atoms with van der Waals surface area (Å²) in [7, 11) is 2.08. The lowest BCUT2D eigenvalue weighted by Gasteiger charge is -2.45. The number of hydrogen-bond donors (Lipinski definition) is 1. The molecule has 5 heteroatoms. The van der Waals surface area contributed by atoms with Gasteiger partial charge in [-0.25, -0.2) is 0 Å². The Morgan fingerprint density at radius 1 is 1.31 bits per heavy atom. The summed E-state index contributed by atoms with van der Waals surface area (Å²) in [4.78, 5) is 14.8. The van der Waals surface area contributed by atoms with Crippen LogP contribution in [0.2, 0.25) is 5.02 Å². The maximum Gasteiger partial charge on any atom is 0.266 e. The van der Waals surface area contributed by atoms with Crippen LogP contribution in [0.3, 0.4) is 0 Å². The molecule has 4 nitrogen and oxygen atoms in total. The zero-order valence-electron chi connectivity index (χ0n) is 17.5. The van der Waals surface area contributed by atoms with Crippen molar-refractivity contribution in [3.63, 3.8) is 0 Å². The summed E-state index contributed by atoms with van der Waals surface area (Å²) in [5.41, 5.74) is 4.76. The summed E-state index contributed by atoms with van der Waals surface area (Å²) in [6, 6.07) is 13.4. The fourth-order valence-electron chi connectivity index (χ4n) is 3.85. The van der Waals surface area contributed by atoms with Gasteiger partial charge < -0.3 is 10.2 Å². The number of carbonyl (C=O) groups is 1. The predicted molar refractivity (Wildman–Crippen MR) is 120 cm³/mol. The van der Waals surface area contributed by atoms with Gasteiger partial charge in [-0.2, -0.15) is 5.26 Å². The number of nitriles is 1. The molecule has 0 saturated heterocycles. The van der Waals surface area contributed by atoms with Crippen LogP contribution >= 0.6 is 11.6 Å². The second kappa shape index (κ2) is 7.93. The molecule has 0 spiro atoms. The lowest BCUT2D eigenvalue weighted by atomic mass is 9.80. The van der Waals surface area contributed by atoms with Crippen LogP contribution in [0.5, 0.6) is 0 Å². The summed E-state index contributed by atoms with van der Waals surface area (Å²) in [5, 5.41) is 12.8. The van der Waals surface area contributed by atoms with Crippen molar-refractivity contribution in [3.8, 4) is 6.07 Å². The van der Waals surface area contributed by atoms with Crippen molar-refractivity contribution in [1.82, 2.24) is 0 Å². The highest BCUT2D eigenvalue weighted by atomic mass is 35.5. The third kappa shape index (κ3) is 4.31. The van der Waals surface area contributed by atoms with Gasteiger partial charge in [0.25, 0.3) is 5.91 Å². The van der Waals surface area contributed by atoms with Gasteiger partial charge in [0.15, 0.2) is 0 Å². The van der Waals surface area contributed by atoms with Crippen LogP contribution in [-0.2, 0) is 4.79 Å². The second-order valence-corrected chi connectivity index (χ2v) is 8.81. The van der Waals surface area contributed by atoms with Crippen LogP contribution in [0.15, 0.2) is 42.0 Å². The number of hydrogen-bond acceptors (Lipinski definition) is 3. The molecular formula is C24H26ClN3O.